The quantitative estimate of drug-likeness (QED) is 0.410. The van der Waals surface area contributed by atoms with Crippen molar-refractivity contribution in [3.63, 3.8) is 0 Å². The van der Waals surface area contributed by atoms with Crippen molar-refractivity contribution < 1.29 is 4.42 Å². The molecular weight excluding hydrogens is 424 g/mol. The van der Waals surface area contributed by atoms with Crippen molar-refractivity contribution in [1.29, 1.82) is 0 Å². The Morgan fingerprint density at radius 2 is 1.84 bits per heavy atom. The number of halogens is 2. The maximum atomic E-state index is 5.90. The highest BCUT2D eigenvalue weighted by molar-refractivity contribution is 9.10. The monoisotopic (exact) mass is 436 g/mol. The first kappa shape index (κ1) is 18.0. The second-order valence-corrected chi connectivity index (χ2v) is 7.52. The van der Waals surface area contributed by atoms with Crippen LogP contribution in [0.3, 0.4) is 0 Å². The summed E-state index contributed by atoms with van der Waals surface area (Å²) >= 11 is 10.9. The summed E-state index contributed by atoms with van der Waals surface area (Å²) in [6, 6.07) is 11.3. The zero-order chi connectivity index (χ0) is 17.8. The van der Waals surface area contributed by atoms with Gasteiger partial charge in [0.1, 0.15) is 5.76 Å². The molecule has 3 aromatic rings. The van der Waals surface area contributed by atoms with E-state index in [4.69, 9.17) is 16.0 Å². The number of benzene rings is 1. The van der Waals surface area contributed by atoms with Crippen LogP contribution in [0.5, 0.6) is 0 Å². The second kappa shape index (κ2) is 8.03. The van der Waals surface area contributed by atoms with Crippen LogP contribution in [0, 0.1) is 13.8 Å². The van der Waals surface area contributed by atoms with Crippen molar-refractivity contribution in [2.45, 2.75) is 23.8 Å². The van der Waals surface area contributed by atoms with Gasteiger partial charge in [0.15, 0.2) is 5.09 Å². The van der Waals surface area contributed by atoms with E-state index in [1.54, 1.807) is 6.21 Å². The lowest BCUT2D eigenvalue weighted by Gasteiger charge is -2.00. The molecule has 0 spiro atoms. The first-order valence-electron chi connectivity index (χ1n) is 7.34. The van der Waals surface area contributed by atoms with Gasteiger partial charge in [-0.2, -0.15) is 5.10 Å². The maximum absolute atomic E-state index is 5.90. The molecule has 0 atom stereocenters. The molecule has 0 aliphatic heterocycles. The Kier molecular flexibility index (Phi) is 5.78. The van der Waals surface area contributed by atoms with Crippen molar-refractivity contribution in [2.24, 2.45) is 5.10 Å². The van der Waals surface area contributed by atoms with Crippen LogP contribution in [-0.4, -0.2) is 16.2 Å². The SMILES string of the molecule is Cc1cc(C)nc(N/N=C/c2cc(Br)c(Sc3ccc(Cl)cc3)o2)n1. The summed E-state index contributed by atoms with van der Waals surface area (Å²) in [4.78, 5) is 9.55. The van der Waals surface area contributed by atoms with Crippen LogP contribution in [0.25, 0.3) is 0 Å². The van der Waals surface area contributed by atoms with Gasteiger partial charge in [0.05, 0.1) is 10.7 Å². The summed E-state index contributed by atoms with van der Waals surface area (Å²) < 4.78 is 6.64. The van der Waals surface area contributed by atoms with Gasteiger partial charge >= 0.3 is 0 Å². The normalized spacial score (nSPS) is 11.2. The Hall–Kier alpha value is -1.83. The molecule has 0 unspecified atom stereocenters. The zero-order valence-electron chi connectivity index (χ0n) is 13.5. The first-order chi connectivity index (χ1) is 12.0. The molecular formula is C17H14BrClN4OS. The third-order valence-corrected chi connectivity index (χ3v) is 5.14. The van der Waals surface area contributed by atoms with Gasteiger partial charge in [0, 0.05) is 27.4 Å². The predicted molar refractivity (Wildman–Crippen MR) is 105 cm³/mol. The molecule has 2 aromatic heterocycles. The number of nitrogens with one attached hydrogen (secondary N) is 1. The molecule has 0 aliphatic carbocycles. The Morgan fingerprint density at radius 1 is 1.16 bits per heavy atom. The average Bonchev–Trinajstić information content (AvgIpc) is 2.88. The van der Waals surface area contributed by atoms with E-state index in [1.165, 1.54) is 11.8 Å². The molecule has 25 heavy (non-hydrogen) atoms. The lowest BCUT2D eigenvalue weighted by molar-refractivity contribution is 0.466. The van der Waals surface area contributed by atoms with Crippen LogP contribution in [-0.2, 0) is 0 Å². The molecule has 0 saturated carbocycles. The van der Waals surface area contributed by atoms with Crippen LogP contribution in [0.4, 0.5) is 5.95 Å². The Bertz CT molecular complexity index is 891. The standard InChI is InChI=1S/C17H14BrClN4OS/c1-10-7-11(2)22-17(21-10)23-20-9-13-8-15(18)16(24-13)25-14-5-3-12(19)4-6-14/h3-9H,1-2H3,(H,21,22,23)/b20-9+. The van der Waals surface area contributed by atoms with Crippen molar-refractivity contribution in [3.05, 3.63) is 63.0 Å². The molecule has 1 aromatic carbocycles. The summed E-state index contributed by atoms with van der Waals surface area (Å²) in [7, 11) is 0. The molecule has 128 valence electrons. The molecule has 0 amide bonds. The van der Waals surface area contributed by atoms with E-state index < -0.39 is 0 Å². The lowest BCUT2D eigenvalue weighted by atomic mass is 10.4. The highest BCUT2D eigenvalue weighted by Crippen LogP contribution is 2.35. The fraction of sp³-hybridized carbons (Fsp3) is 0.118. The van der Waals surface area contributed by atoms with Gasteiger partial charge in [0.2, 0.25) is 5.95 Å². The number of anilines is 1. The van der Waals surface area contributed by atoms with Gasteiger partial charge in [-0.25, -0.2) is 15.4 Å². The Balaban J connectivity index is 1.68. The molecule has 0 aliphatic rings. The molecule has 8 heteroatoms. The topological polar surface area (TPSA) is 63.3 Å². The van der Waals surface area contributed by atoms with Crippen LogP contribution < -0.4 is 5.43 Å². The maximum Gasteiger partial charge on any atom is 0.243 e. The highest BCUT2D eigenvalue weighted by atomic mass is 79.9. The van der Waals surface area contributed by atoms with Gasteiger partial charge < -0.3 is 4.42 Å². The smallest absolute Gasteiger partial charge is 0.243 e. The number of aryl methyl sites for hydroxylation is 2. The molecule has 0 saturated heterocycles. The van der Waals surface area contributed by atoms with Gasteiger partial charge in [-0.15, -0.1) is 0 Å². The predicted octanol–water partition coefficient (Wildman–Crippen LogP) is 5.70. The number of nitrogens with zero attached hydrogens (tertiary/aromatic N) is 3. The minimum Gasteiger partial charge on any atom is -0.447 e. The van der Waals surface area contributed by atoms with E-state index in [1.807, 2.05) is 50.2 Å². The van der Waals surface area contributed by atoms with Gasteiger partial charge in [-0.05, 0) is 60.1 Å². The van der Waals surface area contributed by atoms with Crippen LogP contribution in [0.15, 0.2) is 60.4 Å². The summed E-state index contributed by atoms with van der Waals surface area (Å²) in [6.45, 7) is 3.82. The number of rotatable bonds is 5. The van der Waals surface area contributed by atoms with Crippen LogP contribution in [0.1, 0.15) is 17.1 Å². The summed E-state index contributed by atoms with van der Waals surface area (Å²) in [5, 5.41) is 5.57. The first-order valence-corrected chi connectivity index (χ1v) is 9.32. The zero-order valence-corrected chi connectivity index (χ0v) is 16.6. The van der Waals surface area contributed by atoms with E-state index in [2.05, 4.69) is 36.4 Å². The summed E-state index contributed by atoms with van der Waals surface area (Å²) in [5.74, 6) is 1.07. The number of aromatic nitrogens is 2. The minimum absolute atomic E-state index is 0.454. The Morgan fingerprint density at radius 3 is 2.52 bits per heavy atom. The molecule has 0 radical (unpaired) electrons. The van der Waals surface area contributed by atoms with Crippen molar-refractivity contribution in [1.82, 2.24) is 9.97 Å². The molecule has 0 bridgehead atoms. The van der Waals surface area contributed by atoms with E-state index in [0.29, 0.717) is 16.7 Å². The Labute approximate surface area is 163 Å². The molecule has 0 fully saturated rings. The van der Waals surface area contributed by atoms with Gasteiger partial charge in [-0.3, -0.25) is 0 Å². The average molecular weight is 438 g/mol. The summed E-state index contributed by atoms with van der Waals surface area (Å²) in [5.41, 5.74) is 4.57. The molecule has 3 rings (SSSR count). The fourth-order valence-corrected chi connectivity index (χ4v) is 3.50. The number of hydrogen-bond acceptors (Lipinski definition) is 6. The minimum atomic E-state index is 0.454. The third kappa shape index (κ3) is 5.07. The van der Waals surface area contributed by atoms with Crippen molar-refractivity contribution in [2.75, 3.05) is 5.43 Å². The number of furan rings is 1. The molecule has 5 nitrogen and oxygen atoms in total. The van der Waals surface area contributed by atoms with Gasteiger partial charge in [0.25, 0.3) is 0 Å². The van der Waals surface area contributed by atoms with Crippen LogP contribution in [0.2, 0.25) is 5.02 Å². The largest absolute Gasteiger partial charge is 0.447 e. The van der Waals surface area contributed by atoms with E-state index in [-0.39, 0.29) is 0 Å². The summed E-state index contributed by atoms with van der Waals surface area (Å²) in [6.07, 6.45) is 1.58. The highest BCUT2D eigenvalue weighted by Gasteiger charge is 2.10. The number of hydrogen-bond donors (Lipinski definition) is 1. The van der Waals surface area contributed by atoms with Crippen molar-refractivity contribution >= 4 is 51.5 Å². The van der Waals surface area contributed by atoms with E-state index in [9.17, 15) is 0 Å². The van der Waals surface area contributed by atoms with Crippen LogP contribution >= 0.6 is 39.3 Å². The molecule has 1 N–H and O–H groups in total. The number of hydrazone groups is 1. The van der Waals surface area contributed by atoms with E-state index in [0.717, 1.165) is 25.8 Å². The molecule has 2 heterocycles. The van der Waals surface area contributed by atoms with Gasteiger partial charge in [-0.1, -0.05) is 23.4 Å². The fourth-order valence-electron chi connectivity index (χ4n) is 2.04. The second-order valence-electron chi connectivity index (χ2n) is 5.18. The third-order valence-electron chi connectivity index (χ3n) is 3.04. The van der Waals surface area contributed by atoms with E-state index >= 15 is 0 Å². The van der Waals surface area contributed by atoms with Crippen molar-refractivity contribution in [3.8, 4) is 0 Å². The lowest BCUT2D eigenvalue weighted by Crippen LogP contribution is -1.99.